The fourth-order valence-corrected chi connectivity index (χ4v) is 0.894. The van der Waals surface area contributed by atoms with Crippen molar-refractivity contribution in [3.63, 3.8) is 0 Å². The van der Waals surface area contributed by atoms with Crippen molar-refractivity contribution in [3.8, 4) is 0 Å². The third-order valence-electron chi connectivity index (χ3n) is 1.51. The third kappa shape index (κ3) is 5.80. The van der Waals surface area contributed by atoms with Crippen molar-refractivity contribution in [2.45, 2.75) is 45.4 Å². The molecule has 0 heterocycles. The highest BCUT2D eigenvalue weighted by Gasteiger charge is 1.97. The van der Waals surface area contributed by atoms with Crippen LogP contribution in [-0.2, 0) is 4.79 Å². The molecule has 0 aliphatic rings. The number of carbonyl (C=O) groups is 1. The predicted octanol–water partition coefficient (Wildman–Crippen LogP) is 2.75. The molecule has 0 aromatic heterocycles. The lowest BCUT2D eigenvalue weighted by molar-refractivity contribution is -0.119. The van der Waals surface area contributed by atoms with Gasteiger partial charge in [0.2, 0.25) is 0 Å². The van der Waals surface area contributed by atoms with Gasteiger partial charge in [-0.2, -0.15) is 0 Å². The van der Waals surface area contributed by atoms with E-state index >= 15 is 0 Å². The van der Waals surface area contributed by atoms with Gasteiger partial charge in [-0.05, 0) is 12.8 Å². The van der Waals surface area contributed by atoms with Crippen molar-refractivity contribution >= 4 is 5.78 Å². The maximum atomic E-state index is 10.9. The van der Waals surface area contributed by atoms with Crippen molar-refractivity contribution < 1.29 is 4.79 Å². The predicted molar refractivity (Wildman–Crippen MR) is 43.7 cm³/mol. The standard InChI is InChI=1S/C9H17O/c1-3-5-6-8-9(10)7-4-2/h2-8H2,1H3. The molecule has 0 spiro atoms. The minimum atomic E-state index is 0.378. The molecule has 1 radical (unpaired) electrons. The van der Waals surface area contributed by atoms with Crippen LogP contribution < -0.4 is 0 Å². The smallest absolute Gasteiger partial charge is 0.132 e. The van der Waals surface area contributed by atoms with Crippen LogP contribution in [0.3, 0.4) is 0 Å². The van der Waals surface area contributed by atoms with Gasteiger partial charge < -0.3 is 0 Å². The highest BCUT2D eigenvalue weighted by molar-refractivity contribution is 5.78. The number of Topliss-reactive ketones (excluding diaryl/α,β-unsaturated/α-hetero) is 1. The monoisotopic (exact) mass is 141 g/mol. The topological polar surface area (TPSA) is 17.1 Å². The minimum absolute atomic E-state index is 0.378. The summed E-state index contributed by atoms with van der Waals surface area (Å²) in [5.41, 5.74) is 0. The van der Waals surface area contributed by atoms with Crippen molar-refractivity contribution in [3.05, 3.63) is 6.92 Å². The molecule has 1 nitrogen and oxygen atoms in total. The zero-order chi connectivity index (χ0) is 7.82. The van der Waals surface area contributed by atoms with Crippen molar-refractivity contribution in [2.24, 2.45) is 0 Å². The van der Waals surface area contributed by atoms with Crippen LogP contribution in [-0.4, -0.2) is 5.78 Å². The summed E-state index contributed by atoms with van der Waals surface area (Å²) < 4.78 is 0. The van der Waals surface area contributed by atoms with Crippen LogP contribution in [0.15, 0.2) is 0 Å². The number of ketones is 1. The molecule has 0 unspecified atom stereocenters. The van der Waals surface area contributed by atoms with Gasteiger partial charge in [0, 0.05) is 12.8 Å². The van der Waals surface area contributed by atoms with E-state index in [1.807, 2.05) is 0 Å². The SMILES string of the molecule is [CH2]CCC(=O)CCCCC. The molecule has 0 fully saturated rings. The van der Waals surface area contributed by atoms with Crippen molar-refractivity contribution in [1.29, 1.82) is 0 Å². The molecular formula is C9H17O. The molecule has 0 saturated carbocycles. The van der Waals surface area contributed by atoms with Crippen LogP contribution in [0.5, 0.6) is 0 Å². The molecule has 0 N–H and O–H groups in total. The van der Waals surface area contributed by atoms with E-state index in [-0.39, 0.29) is 0 Å². The Morgan fingerprint density at radius 3 is 2.50 bits per heavy atom. The fourth-order valence-electron chi connectivity index (χ4n) is 0.894. The molecule has 0 amide bonds. The first kappa shape index (κ1) is 9.67. The summed E-state index contributed by atoms with van der Waals surface area (Å²) in [5.74, 6) is 0.378. The van der Waals surface area contributed by atoms with Gasteiger partial charge in [0.1, 0.15) is 5.78 Å². The van der Waals surface area contributed by atoms with Crippen LogP contribution in [0.2, 0.25) is 0 Å². The molecule has 0 aliphatic heterocycles. The quantitative estimate of drug-likeness (QED) is 0.520. The number of hydrogen-bond acceptors (Lipinski definition) is 1. The van der Waals surface area contributed by atoms with Crippen LogP contribution in [0, 0.1) is 6.92 Å². The van der Waals surface area contributed by atoms with Crippen molar-refractivity contribution in [1.82, 2.24) is 0 Å². The molecule has 0 atom stereocenters. The molecule has 0 aromatic carbocycles. The van der Waals surface area contributed by atoms with Gasteiger partial charge in [0.25, 0.3) is 0 Å². The maximum absolute atomic E-state index is 10.9. The zero-order valence-electron chi connectivity index (χ0n) is 6.86. The van der Waals surface area contributed by atoms with Crippen LogP contribution >= 0.6 is 0 Å². The lowest BCUT2D eigenvalue weighted by atomic mass is 10.1. The van der Waals surface area contributed by atoms with Gasteiger partial charge in [-0.25, -0.2) is 0 Å². The molecule has 0 rings (SSSR count). The molecule has 1 heteroatoms. The first-order chi connectivity index (χ1) is 4.81. The van der Waals surface area contributed by atoms with E-state index in [0.717, 1.165) is 19.3 Å². The Bertz CT molecular complexity index is 86.7. The van der Waals surface area contributed by atoms with E-state index in [1.165, 1.54) is 12.8 Å². The largest absolute Gasteiger partial charge is 0.300 e. The molecule has 0 aliphatic carbocycles. The van der Waals surface area contributed by atoms with Gasteiger partial charge in [-0.15, -0.1) is 0 Å². The maximum Gasteiger partial charge on any atom is 0.132 e. The molecule has 59 valence electrons. The Hall–Kier alpha value is -0.330. The minimum Gasteiger partial charge on any atom is -0.300 e. The average Bonchev–Trinajstić information content (AvgIpc) is 1.89. The van der Waals surface area contributed by atoms with E-state index in [4.69, 9.17) is 0 Å². The van der Waals surface area contributed by atoms with Gasteiger partial charge in [0.15, 0.2) is 0 Å². The van der Waals surface area contributed by atoms with E-state index < -0.39 is 0 Å². The Morgan fingerprint density at radius 1 is 1.30 bits per heavy atom. The van der Waals surface area contributed by atoms with E-state index in [1.54, 1.807) is 0 Å². The summed E-state index contributed by atoms with van der Waals surface area (Å²) in [6.07, 6.45) is 5.63. The fraction of sp³-hybridized carbons (Fsp3) is 0.778. The molecule has 0 bridgehead atoms. The number of hydrogen-bond donors (Lipinski definition) is 0. The van der Waals surface area contributed by atoms with Gasteiger partial charge >= 0.3 is 0 Å². The Labute approximate surface area is 63.8 Å². The van der Waals surface area contributed by atoms with E-state index in [9.17, 15) is 4.79 Å². The lowest BCUT2D eigenvalue weighted by Gasteiger charge is -1.96. The highest BCUT2D eigenvalue weighted by atomic mass is 16.1. The summed E-state index contributed by atoms with van der Waals surface area (Å²) in [4.78, 5) is 10.9. The van der Waals surface area contributed by atoms with Gasteiger partial charge in [-0.3, -0.25) is 4.79 Å². The summed E-state index contributed by atoms with van der Waals surface area (Å²) in [5, 5.41) is 0. The normalized spacial score (nSPS) is 9.80. The summed E-state index contributed by atoms with van der Waals surface area (Å²) >= 11 is 0. The average molecular weight is 141 g/mol. The molecule has 0 saturated heterocycles. The lowest BCUT2D eigenvalue weighted by Crippen LogP contribution is -1.95. The highest BCUT2D eigenvalue weighted by Crippen LogP contribution is 2.02. The molecule has 10 heavy (non-hydrogen) atoms. The number of rotatable bonds is 6. The van der Waals surface area contributed by atoms with Crippen LogP contribution in [0.25, 0.3) is 0 Å². The van der Waals surface area contributed by atoms with E-state index in [2.05, 4.69) is 13.8 Å². The summed E-state index contributed by atoms with van der Waals surface area (Å²) in [7, 11) is 0. The van der Waals surface area contributed by atoms with Crippen molar-refractivity contribution in [2.75, 3.05) is 0 Å². The second-order valence-corrected chi connectivity index (χ2v) is 2.60. The molecule has 0 aromatic rings. The first-order valence-electron chi connectivity index (χ1n) is 4.12. The zero-order valence-corrected chi connectivity index (χ0v) is 6.86. The van der Waals surface area contributed by atoms with Gasteiger partial charge in [-0.1, -0.05) is 26.7 Å². The Kier molecular flexibility index (Phi) is 6.56. The van der Waals surface area contributed by atoms with Crippen LogP contribution in [0.4, 0.5) is 0 Å². The summed E-state index contributed by atoms with van der Waals surface area (Å²) in [6.45, 7) is 5.78. The second-order valence-electron chi connectivity index (χ2n) is 2.60. The third-order valence-corrected chi connectivity index (χ3v) is 1.51. The summed E-state index contributed by atoms with van der Waals surface area (Å²) in [6, 6.07) is 0. The van der Waals surface area contributed by atoms with E-state index in [0.29, 0.717) is 12.2 Å². The Morgan fingerprint density at radius 2 is 2.00 bits per heavy atom. The number of carbonyl (C=O) groups excluding carboxylic acids is 1. The number of unbranched alkanes of at least 4 members (excludes halogenated alkanes) is 2. The van der Waals surface area contributed by atoms with Crippen LogP contribution in [0.1, 0.15) is 45.4 Å². The Balaban J connectivity index is 3.05. The first-order valence-corrected chi connectivity index (χ1v) is 4.12. The van der Waals surface area contributed by atoms with Gasteiger partial charge in [0.05, 0.1) is 0 Å². The second kappa shape index (κ2) is 6.79. The molecular weight excluding hydrogens is 124 g/mol.